The predicted molar refractivity (Wildman–Crippen MR) is 63.2 cm³/mol. The normalized spacial score (nSPS) is 13.5. The van der Waals surface area contributed by atoms with Crippen molar-refractivity contribution in [2.24, 2.45) is 5.73 Å². The van der Waals surface area contributed by atoms with Gasteiger partial charge in [-0.05, 0) is 24.2 Å². The number of hydrogen-bond donors (Lipinski definition) is 1. The highest BCUT2D eigenvalue weighted by atomic mass is 19.4. The van der Waals surface area contributed by atoms with Gasteiger partial charge in [-0.25, -0.2) is 0 Å². The molecule has 2 N–H and O–H groups in total. The standard InChI is InChI=1S/C12H17F3N2/c1-17(2)11-5-3-9(4-6-11)10(8-16)7-12(13,14)15/h3-6,10H,7-8,16H2,1-2H3. The van der Waals surface area contributed by atoms with Crippen LogP contribution < -0.4 is 10.6 Å². The van der Waals surface area contributed by atoms with Crippen LogP contribution in [0.5, 0.6) is 0 Å². The van der Waals surface area contributed by atoms with Gasteiger partial charge in [-0.1, -0.05) is 12.1 Å². The molecule has 2 nitrogen and oxygen atoms in total. The molecule has 0 aliphatic carbocycles. The SMILES string of the molecule is CN(C)c1ccc(C(CN)CC(F)(F)F)cc1. The lowest BCUT2D eigenvalue weighted by Gasteiger charge is -2.19. The van der Waals surface area contributed by atoms with Crippen LogP contribution in [0.1, 0.15) is 17.9 Å². The maximum absolute atomic E-state index is 12.3. The van der Waals surface area contributed by atoms with E-state index in [2.05, 4.69) is 0 Å². The molecule has 0 fully saturated rings. The lowest BCUT2D eigenvalue weighted by molar-refractivity contribution is -0.138. The highest BCUT2D eigenvalue weighted by Crippen LogP contribution is 2.31. The van der Waals surface area contributed by atoms with Crippen molar-refractivity contribution in [1.82, 2.24) is 0 Å². The summed E-state index contributed by atoms with van der Waals surface area (Å²) in [6, 6.07) is 7.01. The summed E-state index contributed by atoms with van der Waals surface area (Å²) >= 11 is 0. The van der Waals surface area contributed by atoms with Gasteiger partial charge >= 0.3 is 6.18 Å². The number of halogens is 3. The molecule has 1 aromatic carbocycles. The van der Waals surface area contributed by atoms with Gasteiger partial charge in [-0.15, -0.1) is 0 Å². The molecule has 1 atom stereocenters. The van der Waals surface area contributed by atoms with Crippen molar-refractivity contribution in [3.63, 3.8) is 0 Å². The number of hydrogen-bond acceptors (Lipinski definition) is 2. The fourth-order valence-electron chi connectivity index (χ4n) is 1.66. The molecular weight excluding hydrogens is 229 g/mol. The maximum Gasteiger partial charge on any atom is 0.389 e. The molecule has 0 heterocycles. The Morgan fingerprint density at radius 3 is 2.06 bits per heavy atom. The number of alkyl halides is 3. The molecule has 0 saturated heterocycles. The molecule has 0 aromatic heterocycles. The Balaban J connectivity index is 2.82. The van der Waals surface area contributed by atoms with Crippen LogP contribution in [0.25, 0.3) is 0 Å². The minimum Gasteiger partial charge on any atom is -0.378 e. The van der Waals surface area contributed by atoms with Crippen molar-refractivity contribution in [3.8, 4) is 0 Å². The van der Waals surface area contributed by atoms with E-state index in [1.807, 2.05) is 19.0 Å². The van der Waals surface area contributed by atoms with Gasteiger partial charge in [0.1, 0.15) is 0 Å². The summed E-state index contributed by atoms with van der Waals surface area (Å²) in [4.78, 5) is 1.89. The number of benzene rings is 1. The monoisotopic (exact) mass is 246 g/mol. The van der Waals surface area contributed by atoms with Gasteiger partial charge in [0.15, 0.2) is 0 Å². The van der Waals surface area contributed by atoms with Crippen molar-refractivity contribution in [1.29, 1.82) is 0 Å². The van der Waals surface area contributed by atoms with E-state index in [9.17, 15) is 13.2 Å². The fraction of sp³-hybridized carbons (Fsp3) is 0.500. The van der Waals surface area contributed by atoms with E-state index in [1.165, 1.54) is 0 Å². The van der Waals surface area contributed by atoms with E-state index in [-0.39, 0.29) is 6.54 Å². The van der Waals surface area contributed by atoms with E-state index in [0.29, 0.717) is 5.56 Å². The summed E-state index contributed by atoms with van der Waals surface area (Å²) in [5.41, 5.74) is 6.99. The zero-order valence-electron chi connectivity index (χ0n) is 9.96. The Hall–Kier alpha value is -1.23. The topological polar surface area (TPSA) is 29.3 Å². The van der Waals surface area contributed by atoms with Crippen LogP contribution in [-0.2, 0) is 0 Å². The number of rotatable bonds is 4. The summed E-state index contributed by atoms with van der Waals surface area (Å²) in [5, 5.41) is 0. The van der Waals surface area contributed by atoms with Crippen LogP contribution >= 0.6 is 0 Å². The van der Waals surface area contributed by atoms with Crippen LogP contribution in [0.15, 0.2) is 24.3 Å². The van der Waals surface area contributed by atoms with E-state index in [0.717, 1.165) is 5.69 Å². The maximum atomic E-state index is 12.3. The first-order chi connectivity index (χ1) is 7.83. The zero-order valence-corrected chi connectivity index (χ0v) is 9.96. The molecule has 0 spiro atoms. The molecule has 0 amide bonds. The summed E-state index contributed by atoms with van der Waals surface area (Å²) in [7, 11) is 3.76. The first kappa shape index (κ1) is 13.8. The van der Waals surface area contributed by atoms with Crippen LogP contribution in [0.2, 0.25) is 0 Å². The quantitative estimate of drug-likeness (QED) is 0.885. The smallest absolute Gasteiger partial charge is 0.378 e. The second kappa shape index (κ2) is 5.40. The van der Waals surface area contributed by atoms with Crippen LogP contribution in [0, 0.1) is 0 Å². The first-order valence-corrected chi connectivity index (χ1v) is 5.37. The Kier molecular flexibility index (Phi) is 4.40. The van der Waals surface area contributed by atoms with Crippen molar-refractivity contribution in [3.05, 3.63) is 29.8 Å². The Morgan fingerprint density at radius 1 is 1.18 bits per heavy atom. The second-order valence-corrected chi connectivity index (χ2v) is 4.24. The minimum absolute atomic E-state index is 0.000814. The third kappa shape index (κ3) is 4.26. The molecule has 17 heavy (non-hydrogen) atoms. The summed E-state index contributed by atoms with van der Waals surface area (Å²) in [6.45, 7) is 0.000814. The number of nitrogens with two attached hydrogens (primary N) is 1. The fourth-order valence-corrected chi connectivity index (χ4v) is 1.66. The van der Waals surface area contributed by atoms with Crippen molar-refractivity contribution in [2.75, 3.05) is 25.5 Å². The van der Waals surface area contributed by atoms with Crippen LogP contribution in [-0.4, -0.2) is 26.8 Å². The molecule has 0 bridgehead atoms. The second-order valence-electron chi connectivity index (χ2n) is 4.24. The third-order valence-corrected chi connectivity index (χ3v) is 2.64. The Bertz CT molecular complexity index is 344. The third-order valence-electron chi connectivity index (χ3n) is 2.64. The largest absolute Gasteiger partial charge is 0.389 e. The molecule has 0 aliphatic rings. The van der Waals surface area contributed by atoms with E-state index in [4.69, 9.17) is 5.73 Å². The molecule has 1 rings (SSSR count). The van der Waals surface area contributed by atoms with Crippen molar-refractivity contribution in [2.45, 2.75) is 18.5 Å². The van der Waals surface area contributed by atoms with Gasteiger partial charge in [0.2, 0.25) is 0 Å². The van der Waals surface area contributed by atoms with E-state index >= 15 is 0 Å². The Morgan fingerprint density at radius 2 is 1.71 bits per heavy atom. The van der Waals surface area contributed by atoms with Gasteiger partial charge in [0.25, 0.3) is 0 Å². The van der Waals surface area contributed by atoms with Crippen LogP contribution in [0.4, 0.5) is 18.9 Å². The van der Waals surface area contributed by atoms with Gasteiger partial charge < -0.3 is 10.6 Å². The zero-order chi connectivity index (χ0) is 13.1. The van der Waals surface area contributed by atoms with Gasteiger partial charge in [-0.3, -0.25) is 0 Å². The van der Waals surface area contributed by atoms with Crippen LogP contribution in [0.3, 0.4) is 0 Å². The predicted octanol–water partition coefficient (Wildman–Crippen LogP) is 2.75. The van der Waals surface area contributed by atoms with Gasteiger partial charge in [-0.2, -0.15) is 13.2 Å². The van der Waals surface area contributed by atoms with E-state index in [1.54, 1.807) is 24.3 Å². The highest BCUT2D eigenvalue weighted by Gasteiger charge is 2.31. The van der Waals surface area contributed by atoms with Gasteiger partial charge in [0.05, 0.1) is 6.42 Å². The molecule has 5 heteroatoms. The average molecular weight is 246 g/mol. The van der Waals surface area contributed by atoms with Gasteiger partial charge in [0, 0.05) is 25.7 Å². The molecule has 0 radical (unpaired) electrons. The number of nitrogens with zero attached hydrogens (tertiary/aromatic N) is 1. The van der Waals surface area contributed by atoms with E-state index < -0.39 is 18.5 Å². The lowest BCUT2D eigenvalue weighted by Crippen LogP contribution is -2.20. The highest BCUT2D eigenvalue weighted by molar-refractivity contribution is 5.46. The Labute approximate surface area is 99.2 Å². The molecule has 1 unspecified atom stereocenters. The minimum atomic E-state index is -4.18. The lowest BCUT2D eigenvalue weighted by atomic mass is 9.95. The molecule has 0 saturated carbocycles. The summed E-state index contributed by atoms with van der Waals surface area (Å²) < 4.78 is 37.0. The number of anilines is 1. The molecule has 96 valence electrons. The average Bonchev–Trinajstić information content (AvgIpc) is 2.25. The van der Waals surface area contributed by atoms with Crippen molar-refractivity contribution >= 4 is 5.69 Å². The molecule has 0 aliphatic heterocycles. The molecular formula is C12H17F3N2. The first-order valence-electron chi connectivity index (χ1n) is 5.37. The molecule has 1 aromatic rings. The van der Waals surface area contributed by atoms with Crippen molar-refractivity contribution < 1.29 is 13.2 Å². The summed E-state index contributed by atoms with van der Waals surface area (Å²) in [5.74, 6) is -0.661. The summed E-state index contributed by atoms with van der Waals surface area (Å²) in [6.07, 6.45) is -5.05.